The molecule has 0 aliphatic heterocycles. The molecule has 0 bridgehead atoms. The lowest BCUT2D eigenvalue weighted by Crippen LogP contribution is -2.41. The highest BCUT2D eigenvalue weighted by molar-refractivity contribution is 5.76. The van der Waals surface area contributed by atoms with Gasteiger partial charge in [0.25, 0.3) is 0 Å². The van der Waals surface area contributed by atoms with Crippen LogP contribution in [-0.4, -0.2) is 23.6 Å². The predicted molar refractivity (Wildman–Crippen MR) is 66.4 cm³/mol. The minimum atomic E-state index is -0.542. The number of rotatable bonds is 5. The molecule has 0 aromatic rings. The van der Waals surface area contributed by atoms with E-state index in [1.165, 1.54) is 0 Å². The number of carbonyl (C=O) groups excluding carboxylic acids is 2. The van der Waals surface area contributed by atoms with Crippen LogP contribution in [0.3, 0.4) is 0 Å². The largest absolute Gasteiger partial charge is 0.444 e. The molecular formula is C12H24N2O3. The van der Waals surface area contributed by atoms with Gasteiger partial charge in [0.1, 0.15) is 5.60 Å². The van der Waals surface area contributed by atoms with Crippen LogP contribution in [0.15, 0.2) is 0 Å². The number of hydrogen-bond donors (Lipinski definition) is 2. The number of carbonyl (C=O) groups is 2. The van der Waals surface area contributed by atoms with E-state index in [9.17, 15) is 9.59 Å². The summed E-state index contributed by atoms with van der Waals surface area (Å²) in [5.74, 6) is -0.0546. The van der Waals surface area contributed by atoms with Crippen LogP contribution in [0, 0.1) is 5.92 Å². The second kappa shape index (κ2) is 6.47. The maximum Gasteiger partial charge on any atom is 0.407 e. The number of nitrogens with one attached hydrogen (secondary N) is 1. The molecule has 5 heteroatoms. The van der Waals surface area contributed by atoms with Gasteiger partial charge in [0, 0.05) is 12.5 Å². The summed E-state index contributed by atoms with van der Waals surface area (Å²) >= 11 is 0. The number of amides is 2. The summed E-state index contributed by atoms with van der Waals surface area (Å²) in [6.07, 6.45) is 0.323. The molecule has 17 heavy (non-hydrogen) atoms. The molecule has 1 atom stereocenters. The minimum absolute atomic E-state index is 0.136. The Hall–Kier alpha value is -1.26. The molecule has 5 nitrogen and oxygen atoms in total. The number of nitrogens with two attached hydrogens (primary N) is 1. The van der Waals surface area contributed by atoms with E-state index in [2.05, 4.69) is 5.32 Å². The summed E-state index contributed by atoms with van der Waals surface area (Å²) in [6.45, 7) is 9.41. The van der Waals surface area contributed by atoms with Crippen LogP contribution in [0.2, 0.25) is 0 Å². The molecule has 0 rings (SSSR count). The third-order valence-corrected chi connectivity index (χ3v) is 1.92. The summed E-state index contributed by atoms with van der Waals surface area (Å²) in [6, 6.07) is -0.262. The van der Waals surface area contributed by atoms with Gasteiger partial charge in [-0.25, -0.2) is 4.79 Å². The van der Waals surface area contributed by atoms with Crippen molar-refractivity contribution in [3.05, 3.63) is 0 Å². The van der Waals surface area contributed by atoms with Crippen LogP contribution >= 0.6 is 0 Å². The molecule has 0 saturated carbocycles. The lowest BCUT2D eigenvalue weighted by molar-refractivity contribution is -0.118. The molecule has 0 aliphatic carbocycles. The monoisotopic (exact) mass is 244 g/mol. The quantitative estimate of drug-likeness (QED) is 0.773. The zero-order valence-corrected chi connectivity index (χ0v) is 11.4. The lowest BCUT2D eigenvalue weighted by Gasteiger charge is -2.24. The maximum atomic E-state index is 11.5. The molecular weight excluding hydrogens is 220 g/mol. The molecule has 3 N–H and O–H groups in total. The Balaban J connectivity index is 4.32. The van der Waals surface area contributed by atoms with E-state index in [4.69, 9.17) is 10.5 Å². The Bertz CT molecular complexity index is 269. The van der Waals surface area contributed by atoms with Crippen LogP contribution in [0.25, 0.3) is 0 Å². The summed E-state index contributed by atoms with van der Waals surface area (Å²) in [5.41, 5.74) is 4.60. The van der Waals surface area contributed by atoms with Gasteiger partial charge in [-0.1, -0.05) is 13.8 Å². The molecule has 0 heterocycles. The average molecular weight is 244 g/mol. The SMILES string of the molecule is CC(C)C[C@@H](CC(N)=O)NC(=O)OC(C)(C)C. The van der Waals surface area contributed by atoms with Crippen molar-refractivity contribution in [1.82, 2.24) is 5.32 Å². The highest BCUT2D eigenvalue weighted by Gasteiger charge is 2.21. The van der Waals surface area contributed by atoms with Gasteiger partial charge in [-0.2, -0.15) is 0 Å². The Morgan fingerprint density at radius 3 is 2.18 bits per heavy atom. The lowest BCUT2D eigenvalue weighted by atomic mass is 10.0. The summed E-state index contributed by atoms with van der Waals surface area (Å²) in [5, 5.41) is 2.67. The molecule has 0 fully saturated rings. The minimum Gasteiger partial charge on any atom is -0.444 e. The van der Waals surface area contributed by atoms with E-state index in [1.54, 1.807) is 20.8 Å². The van der Waals surface area contributed by atoms with Crippen molar-refractivity contribution in [2.75, 3.05) is 0 Å². The van der Waals surface area contributed by atoms with Gasteiger partial charge >= 0.3 is 6.09 Å². The topological polar surface area (TPSA) is 81.4 Å². The normalized spacial score (nSPS) is 13.3. The van der Waals surface area contributed by atoms with Crippen LogP contribution in [0.4, 0.5) is 4.79 Å². The molecule has 0 radical (unpaired) electrons. The Morgan fingerprint density at radius 2 is 1.82 bits per heavy atom. The van der Waals surface area contributed by atoms with Crippen molar-refractivity contribution >= 4 is 12.0 Å². The highest BCUT2D eigenvalue weighted by Crippen LogP contribution is 2.10. The fourth-order valence-corrected chi connectivity index (χ4v) is 1.48. The van der Waals surface area contributed by atoms with E-state index >= 15 is 0 Å². The first-order valence-corrected chi connectivity index (χ1v) is 5.88. The van der Waals surface area contributed by atoms with Crippen LogP contribution in [-0.2, 0) is 9.53 Å². The molecule has 0 saturated heterocycles. The van der Waals surface area contributed by atoms with Gasteiger partial charge in [0.2, 0.25) is 5.91 Å². The number of ether oxygens (including phenoxy) is 1. The van der Waals surface area contributed by atoms with Crippen molar-refractivity contribution in [2.45, 2.75) is 59.1 Å². The molecule has 0 aliphatic rings. The molecule has 0 aromatic heterocycles. The molecule has 0 unspecified atom stereocenters. The second-order valence-electron chi connectivity index (χ2n) is 5.64. The standard InChI is InChI=1S/C12H24N2O3/c1-8(2)6-9(7-10(13)15)14-11(16)17-12(3,4)5/h8-9H,6-7H2,1-5H3,(H2,13,15)(H,14,16)/t9-/m0/s1. The molecule has 2 amide bonds. The number of alkyl carbamates (subject to hydrolysis) is 1. The van der Waals surface area contributed by atoms with Crippen molar-refractivity contribution in [2.24, 2.45) is 11.7 Å². The zero-order chi connectivity index (χ0) is 13.6. The van der Waals surface area contributed by atoms with Crippen molar-refractivity contribution in [1.29, 1.82) is 0 Å². The Kier molecular flexibility index (Phi) is 5.99. The number of primary amides is 1. The highest BCUT2D eigenvalue weighted by atomic mass is 16.6. The average Bonchev–Trinajstić information content (AvgIpc) is 1.95. The molecule has 0 aromatic carbocycles. The molecule has 100 valence electrons. The smallest absolute Gasteiger partial charge is 0.407 e. The van der Waals surface area contributed by atoms with Crippen molar-refractivity contribution in [3.63, 3.8) is 0 Å². The van der Waals surface area contributed by atoms with Gasteiger partial charge in [-0.15, -0.1) is 0 Å². The van der Waals surface area contributed by atoms with Crippen LogP contribution < -0.4 is 11.1 Å². The summed E-state index contributed by atoms with van der Waals surface area (Å²) in [4.78, 5) is 22.4. The number of hydrogen-bond acceptors (Lipinski definition) is 3. The van der Waals surface area contributed by atoms with Gasteiger partial charge in [-0.05, 0) is 33.1 Å². The van der Waals surface area contributed by atoms with E-state index in [-0.39, 0.29) is 12.5 Å². The third-order valence-electron chi connectivity index (χ3n) is 1.92. The van der Waals surface area contributed by atoms with E-state index in [1.807, 2.05) is 13.8 Å². The Morgan fingerprint density at radius 1 is 1.29 bits per heavy atom. The van der Waals surface area contributed by atoms with E-state index < -0.39 is 17.6 Å². The van der Waals surface area contributed by atoms with Crippen LogP contribution in [0.5, 0.6) is 0 Å². The second-order valence-corrected chi connectivity index (χ2v) is 5.64. The van der Waals surface area contributed by atoms with Crippen molar-refractivity contribution < 1.29 is 14.3 Å². The Labute approximate surface area is 103 Å². The van der Waals surface area contributed by atoms with Gasteiger partial charge < -0.3 is 15.8 Å². The van der Waals surface area contributed by atoms with Crippen LogP contribution in [0.1, 0.15) is 47.5 Å². The van der Waals surface area contributed by atoms with Gasteiger partial charge in [0.15, 0.2) is 0 Å². The summed E-state index contributed by atoms with van der Waals surface area (Å²) in [7, 11) is 0. The third kappa shape index (κ3) is 9.66. The first-order valence-electron chi connectivity index (χ1n) is 5.88. The van der Waals surface area contributed by atoms with Gasteiger partial charge in [-0.3, -0.25) is 4.79 Å². The van der Waals surface area contributed by atoms with E-state index in [0.717, 1.165) is 0 Å². The predicted octanol–water partition coefficient (Wildman–Crippen LogP) is 1.80. The fraction of sp³-hybridized carbons (Fsp3) is 0.833. The first kappa shape index (κ1) is 15.7. The van der Waals surface area contributed by atoms with Gasteiger partial charge in [0.05, 0.1) is 0 Å². The zero-order valence-electron chi connectivity index (χ0n) is 11.4. The molecule has 0 spiro atoms. The first-order chi connectivity index (χ1) is 7.60. The summed E-state index contributed by atoms with van der Waals surface area (Å²) < 4.78 is 5.13. The van der Waals surface area contributed by atoms with Crippen molar-refractivity contribution in [3.8, 4) is 0 Å². The van der Waals surface area contributed by atoms with E-state index in [0.29, 0.717) is 12.3 Å². The fourth-order valence-electron chi connectivity index (χ4n) is 1.48. The maximum absolute atomic E-state index is 11.5.